The number of thiophene rings is 1. The van der Waals surface area contributed by atoms with Gasteiger partial charge in [0.25, 0.3) is 5.91 Å². The predicted octanol–water partition coefficient (Wildman–Crippen LogP) is 3.51. The van der Waals surface area contributed by atoms with Crippen molar-refractivity contribution >= 4 is 40.7 Å². The van der Waals surface area contributed by atoms with Gasteiger partial charge in [0, 0.05) is 10.6 Å². The van der Waals surface area contributed by atoms with Crippen LogP contribution in [0.5, 0.6) is 0 Å². The number of methoxy groups -OCH3 is 1. The molecule has 4 nitrogen and oxygen atoms in total. The third kappa shape index (κ3) is 3.40. The van der Waals surface area contributed by atoms with Crippen molar-refractivity contribution in [2.45, 2.75) is 4.90 Å². The van der Waals surface area contributed by atoms with Crippen molar-refractivity contribution in [1.82, 2.24) is 0 Å². The van der Waals surface area contributed by atoms with E-state index in [4.69, 9.17) is 0 Å². The van der Waals surface area contributed by atoms with E-state index in [0.29, 0.717) is 9.75 Å². The molecule has 0 aliphatic heterocycles. The summed E-state index contributed by atoms with van der Waals surface area (Å²) in [6.45, 7) is 0. The van der Waals surface area contributed by atoms with Crippen LogP contribution in [-0.2, 0) is 4.74 Å². The zero-order valence-corrected chi connectivity index (χ0v) is 12.6. The molecule has 0 aliphatic rings. The Kier molecular flexibility index (Phi) is 4.81. The number of amides is 1. The second-order valence-electron chi connectivity index (χ2n) is 3.84. The maximum Gasteiger partial charge on any atom is 0.348 e. The van der Waals surface area contributed by atoms with Gasteiger partial charge in [-0.3, -0.25) is 4.79 Å². The zero-order valence-electron chi connectivity index (χ0n) is 11.0. The SMILES string of the molecule is COC(=O)c1ccc(C(=O)Nc2cccc(SC)c2)s1. The van der Waals surface area contributed by atoms with Crippen molar-refractivity contribution in [3.05, 3.63) is 46.2 Å². The van der Waals surface area contributed by atoms with E-state index in [-0.39, 0.29) is 5.91 Å². The maximum atomic E-state index is 12.1. The smallest absolute Gasteiger partial charge is 0.348 e. The van der Waals surface area contributed by atoms with Gasteiger partial charge >= 0.3 is 5.97 Å². The Labute approximate surface area is 125 Å². The van der Waals surface area contributed by atoms with Crippen LogP contribution in [0.4, 0.5) is 5.69 Å². The average Bonchev–Trinajstić information content (AvgIpc) is 2.96. The number of carbonyl (C=O) groups is 2. The van der Waals surface area contributed by atoms with E-state index in [9.17, 15) is 9.59 Å². The first kappa shape index (κ1) is 14.6. The Bertz CT molecular complexity index is 637. The molecule has 1 aromatic carbocycles. The first-order valence-corrected chi connectivity index (χ1v) is 7.81. The van der Waals surface area contributed by atoms with Gasteiger partial charge in [-0.25, -0.2) is 4.79 Å². The molecule has 1 N–H and O–H groups in total. The number of rotatable bonds is 4. The number of hydrogen-bond donors (Lipinski definition) is 1. The Morgan fingerprint density at radius 1 is 1.20 bits per heavy atom. The van der Waals surface area contributed by atoms with Crippen LogP contribution < -0.4 is 5.32 Å². The Hall–Kier alpha value is -1.79. The van der Waals surface area contributed by atoms with E-state index in [1.54, 1.807) is 23.9 Å². The molecule has 104 valence electrons. The summed E-state index contributed by atoms with van der Waals surface area (Å²) in [6, 6.07) is 10.8. The quantitative estimate of drug-likeness (QED) is 0.694. The van der Waals surface area contributed by atoms with Gasteiger partial charge in [-0.1, -0.05) is 6.07 Å². The second kappa shape index (κ2) is 6.58. The van der Waals surface area contributed by atoms with Crippen LogP contribution in [0, 0.1) is 0 Å². The highest BCUT2D eigenvalue weighted by molar-refractivity contribution is 7.98. The van der Waals surface area contributed by atoms with Crippen LogP contribution in [0.15, 0.2) is 41.3 Å². The lowest BCUT2D eigenvalue weighted by Gasteiger charge is -2.04. The average molecular weight is 307 g/mol. The van der Waals surface area contributed by atoms with Crippen molar-refractivity contribution in [3.8, 4) is 0 Å². The summed E-state index contributed by atoms with van der Waals surface area (Å²) in [5, 5.41) is 2.81. The molecule has 0 spiro atoms. The molecule has 0 saturated heterocycles. The normalized spacial score (nSPS) is 10.1. The molecule has 0 atom stereocenters. The van der Waals surface area contributed by atoms with Crippen molar-refractivity contribution in [1.29, 1.82) is 0 Å². The molecule has 1 aromatic heterocycles. The molecule has 6 heteroatoms. The van der Waals surface area contributed by atoms with Crippen molar-refractivity contribution in [3.63, 3.8) is 0 Å². The highest BCUT2D eigenvalue weighted by atomic mass is 32.2. The summed E-state index contributed by atoms with van der Waals surface area (Å²) in [4.78, 5) is 25.4. The minimum Gasteiger partial charge on any atom is -0.465 e. The molecule has 0 aliphatic carbocycles. The minimum absolute atomic E-state index is 0.233. The number of hydrogen-bond acceptors (Lipinski definition) is 5. The summed E-state index contributed by atoms with van der Waals surface area (Å²) >= 11 is 2.72. The lowest BCUT2D eigenvalue weighted by Crippen LogP contribution is -2.10. The molecular weight excluding hydrogens is 294 g/mol. The van der Waals surface area contributed by atoms with E-state index in [1.165, 1.54) is 7.11 Å². The van der Waals surface area contributed by atoms with Crippen molar-refractivity contribution in [2.75, 3.05) is 18.7 Å². The topological polar surface area (TPSA) is 55.4 Å². The van der Waals surface area contributed by atoms with Gasteiger partial charge in [0.15, 0.2) is 0 Å². The number of esters is 1. The van der Waals surface area contributed by atoms with E-state index < -0.39 is 5.97 Å². The summed E-state index contributed by atoms with van der Waals surface area (Å²) in [5.41, 5.74) is 0.731. The zero-order chi connectivity index (χ0) is 14.5. The molecule has 1 heterocycles. The largest absolute Gasteiger partial charge is 0.465 e. The van der Waals surface area contributed by atoms with Crippen molar-refractivity contribution in [2.24, 2.45) is 0 Å². The molecule has 1 amide bonds. The number of ether oxygens (including phenoxy) is 1. The Morgan fingerprint density at radius 3 is 2.65 bits per heavy atom. The first-order chi connectivity index (χ1) is 9.63. The van der Waals surface area contributed by atoms with E-state index >= 15 is 0 Å². The van der Waals surface area contributed by atoms with Gasteiger partial charge in [-0.05, 0) is 36.6 Å². The van der Waals surface area contributed by atoms with Gasteiger partial charge in [-0.2, -0.15) is 0 Å². The maximum absolute atomic E-state index is 12.1. The fourth-order valence-corrected chi connectivity index (χ4v) is 2.84. The van der Waals surface area contributed by atoms with Gasteiger partial charge < -0.3 is 10.1 Å². The van der Waals surface area contributed by atoms with Crippen LogP contribution in [0.25, 0.3) is 0 Å². The molecule has 2 aromatic rings. The second-order valence-corrected chi connectivity index (χ2v) is 5.80. The van der Waals surface area contributed by atoms with Gasteiger partial charge in [0.05, 0.1) is 12.0 Å². The summed E-state index contributed by atoms with van der Waals surface area (Å²) in [5.74, 6) is -0.665. The number of thioether (sulfide) groups is 1. The number of benzene rings is 1. The molecule has 0 radical (unpaired) electrons. The number of nitrogens with one attached hydrogen (secondary N) is 1. The Morgan fingerprint density at radius 2 is 1.95 bits per heavy atom. The van der Waals surface area contributed by atoms with Crippen LogP contribution in [-0.4, -0.2) is 25.2 Å². The molecule has 20 heavy (non-hydrogen) atoms. The van der Waals surface area contributed by atoms with Crippen LogP contribution >= 0.6 is 23.1 Å². The lowest BCUT2D eigenvalue weighted by atomic mass is 10.3. The molecule has 0 saturated carbocycles. The van der Waals surface area contributed by atoms with Crippen LogP contribution in [0.3, 0.4) is 0 Å². The molecule has 0 bridgehead atoms. The van der Waals surface area contributed by atoms with E-state index in [0.717, 1.165) is 21.9 Å². The molecular formula is C14H13NO3S2. The fraction of sp³-hybridized carbons (Fsp3) is 0.143. The predicted molar refractivity (Wildman–Crippen MR) is 81.8 cm³/mol. The summed E-state index contributed by atoms with van der Waals surface area (Å²) in [7, 11) is 1.32. The van der Waals surface area contributed by atoms with Crippen molar-refractivity contribution < 1.29 is 14.3 Å². The third-order valence-electron chi connectivity index (χ3n) is 2.54. The van der Waals surface area contributed by atoms with Gasteiger partial charge in [0.2, 0.25) is 0 Å². The molecule has 0 fully saturated rings. The summed E-state index contributed by atoms with van der Waals surface area (Å²) in [6.07, 6.45) is 1.98. The Balaban J connectivity index is 2.11. The van der Waals surface area contributed by atoms with Crippen LogP contribution in [0.1, 0.15) is 19.3 Å². The molecule has 2 rings (SSSR count). The van der Waals surface area contributed by atoms with E-state index in [2.05, 4.69) is 10.1 Å². The fourth-order valence-electron chi connectivity index (χ4n) is 1.56. The van der Waals surface area contributed by atoms with Crippen LogP contribution in [0.2, 0.25) is 0 Å². The highest BCUT2D eigenvalue weighted by Gasteiger charge is 2.14. The standard InChI is InChI=1S/C14H13NO3S2/c1-18-14(17)12-7-6-11(20-12)13(16)15-9-4-3-5-10(8-9)19-2/h3-8H,1-2H3,(H,15,16). The third-order valence-corrected chi connectivity index (χ3v) is 4.33. The van der Waals surface area contributed by atoms with E-state index in [1.807, 2.05) is 30.5 Å². The first-order valence-electron chi connectivity index (χ1n) is 5.77. The summed E-state index contributed by atoms with van der Waals surface area (Å²) < 4.78 is 4.61. The monoisotopic (exact) mass is 307 g/mol. The van der Waals surface area contributed by atoms with Gasteiger partial charge in [-0.15, -0.1) is 23.1 Å². The minimum atomic E-state index is -0.432. The number of anilines is 1. The van der Waals surface area contributed by atoms with Gasteiger partial charge in [0.1, 0.15) is 4.88 Å². The number of carbonyl (C=O) groups excluding carboxylic acids is 2. The molecule has 0 unspecified atom stereocenters. The highest BCUT2D eigenvalue weighted by Crippen LogP contribution is 2.22. The lowest BCUT2D eigenvalue weighted by molar-refractivity contribution is 0.0606.